The van der Waals surface area contributed by atoms with Gasteiger partial charge in [0.1, 0.15) is 0 Å². The van der Waals surface area contributed by atoms with E-state index in [-0.39, 0.29) is 22.7 Å². The molecule has 7 heteroatoms. The molecule has 0 saturated carbocycles. The van der Waals surface area contributed by atoms with Crippen LogP contribution in [0.5, 0.6) is 0 Å². The van der Waals surface area contributed by atoms with Crippen LogP contribution in [0.25, 0.3) is 0 Å². The predicted molar refractivity (Wildman–Crippen MR) is 83.7 cm³/mol. The number of aryl methyl sites for hydroxylation is 1. The quantitative estimate of drug-likeness (QED) is 0.913. The van der Waals surface area contributed by atoms with E-state index in [9.17, 15) is 8.42 Å². The van der Waals surface area contributed by atoms with Crippen LogP contribution < -0.4 is 5.73 Å². The van der Waals surface area contributed by atoms with E-state index in [1.54, 1.807) is 19.1 Å². The maximum atomic E-state index is 12.6. The maximum Gasteiger partial charge on any atom is 0.243 e. The Kier molecular flexibility index (Phi) is 5.40. The smallest absolute Gasteiger partial charge is 0.243 e. The van der Waals surface area contributed by atoms with Crippen molar-refractivity contribution < 1.29 is 8.42 Å². The Morgan fingerprint density at radius 3 is 2.62 bits per heavy atom. The Morgan fingerprint density at radius 1 is 1.48 bits per heavy atom. The third-order valence-electron chi connectivity index (χ3n) is 3.97. The summed E-state index contributed by atoms with van der Waals surface area (Å²) in [6.07, 6.45) is 0.776. The molecule has 0 amide bonds. The summed E-state index contributed by atoms with van der Waals surface area (Å²) < 4.78 is 26.7. The van der Waals surface area contributed by atoms with Gasteiger partial charge in [-0.15, -0.1) is 12.4 Å². The van der Waals surface area contributed by atoms with Gasteiger partial charge in [0.05, 0.1) is 16.5 Å². The fourth-order valence-electron chi connectivity index (χ4n) is 2.42. The van der Waals surface area contributed by atoms with Gasteiger partial charge < -0.3 is 5.73 Å². The lowest BCUT2D eigenvalue weighted by Crippen LogP contribution is -2.34. The minimum Gasteiger partial charge on any atom is -0.330 e. The molecule has 0 aliphatic carbocycles. The van der Waals surface area contributed by atoms with Crippen molar-refractivity contribution in [1.82, 2.24) is 4.31 Å². The largest absolute Gasteiger partial charge is 0.330 e. The van der Waals surface area contributed by atoms with Gasteiger partial charge >= 0.3 is 0 Å². The zero-order valence-electron chi connectivity index (χ0n) is 12.2. The number of nitrogens with zero attached hydrogens (tertiary/aromatic N) is 2. The van der Waals surface area contributed by atoms with E-state index in [1.807, 2.05) is 13.0 Å². The highest BCUT2D eigenvalue weighted by Crippen LogP contribution is 2.32. The first-order chi connectivity index (χ1) is 9.32. The van der Waals surface area contributed by atoms with Crippen LogP contribution in [0, 0.1) is 23.7 Å². The molecule has 0 spiro atoms. The molecule has 1 heterocycles. The summed E-state index contributed by atoms with van der Waals surface area (Å²) in [5, 5.41) is 8.90. The van der Waals surface area contributed by atoms with Crippen molar-refractivity contribution in [2.75, 3.05) is 19.6 Å². The van der Waals surface area contributed by atoms with E-state index in [4.69, 9.17) is 11.0 Å². The predicted octanol–water partition coefficient (Wildman–Crippen LogP) is 1.65. The highest BCUT2D eigenvalue weighted by molar-refractivity contribution is 7.89. The summed E-state index contributed by atoms with van der Waals surface area (Å²) in [4.78, 5) is 0.246. The molecule has 1 unspecified atom stereocenters. The Morgan fingerprint density at radius 2 is 2.14 bits per heavy atom. The monoisotopic (exact) mass is 329 g/mol. The number of nitrogens with two attached hydrogens (primary N) is 1. The first-order valence-corrected chi connectivity index (χ1v) is 7.97. The topological polar surface area (TPSA) is 87.2 Å². The molecule has 0 aromatic heterocycles. The highest BCUT2D eigenvalue weighted by atomic mass is 35.5. The lowest BCUT2D eigenvalue weighted by atomic mass is 9.90. The van der Waals surface area contributed by atoms with Crippen molar-refractivity contribution in [3.05, 3.63) is 29.3 Å². The summed E-state index contributed by atoms with van der Waals surface area (Å²) in [6.45, 7) is 5.17. The second-order valence-electron chi connectivity index (χ2n) is 5.69. The molecular formula is C14H20ClN3O2S. The average Bonchev–Trinajstić information content (AvgIpc) is 2.83. The van der Waals surface area contributed by atoms with Crippen LogP contribution in [0.15, 0.2) is 23.1 Å². The summed E-state index contributed by atoms with van der Waals surface area (Å²) in [5.41, 5.74) is 6.75. The number of benzene rings is 1. The number of hydrogen-bond acceptors (Lipinski definition) is 4. The second-order valence-corrected chi connectivity index (χ2v) is 7.63. The lowest BCUT2D eigenvalue weighted by molar-refractivity contribution is 0.349. The number of sulfonamides is 1. The van der Waals surface area contributed by atoms with Crippen LogP contribution >= 0.6 is 12.4 Å². The number of hydrogen-bond donors (Lipinski definition) is 1. The molecule has 21 heavy (non-hydrogen) atoms. The van der Waals surface area contributed by atoms with Crippen LogP contribution in [-0.4, -0.2) is 32.4 Å². The first-order valence-electron chi connectivity index (χ1n) is 6.53. The molecule has 1 fully saturated rings. The molecule has 1 saturated heterocycles. The van der Waals surface area contributed by atoms with Crippen molar-refractivity contribution in [2.24, 2.45) is 11.1 Å². The standard InChI is InChI=1S/C14H19N3O2S.ClH/c1-11-7-13(4-3-12(11)8-15)20(18,19)17-6-5-14(2,9-16)10-17;/h3-4,7H,5-6,9-10,16H2,1-2H3;1H. The van der Waals surface area contributed by atoms with Crippen molar-refractivity contribution in [3.63, 3.8) is 0 Å². The van der Waals surface area contributed by atoms with Gasteiger partial charge in [0.15, 0.2) is 0 Å². The Labute approximate surface area is 132 Å². The molecular weight excluding hydrogens is 310 g/mol. The molecule has 5 nitrogen and oxygen atoms in total. The van der Waals surface area contributed by atoms with E-state index >= 15 is 0 Å². The number of halogens is 1. The first kappa shape index (κ1) is 17.9. The van der Waals surface area contributed by atoms with Crippen molar-refractivity contribution in [3.8, 4) is 6.07 Å². The van der Waals surface area contributed by atoms with Crippen LogP contribution in [0.1, 0.15) is 24.5 Å². The van der Waals surface area contributed by atoms with Gasteiger partial charge in [0.2, 0.25) is 10.0 Å². The van der Waals surface area contributed by atoms with E-state index in [0.717, 1.165) is 6.42 Å². The molecule has 1 aromatic rings. The van der Waals surface area contributed by atoms with Gasteiger partial charge in [-0.2, -0.15) is 9.57 Å². The van der Waals surface area contributed by atoms with Gasteiger partial charge in [-0.1, -0.05) is 6.92 Å². The molecule has 0 radical (unpaired) electrons. The molecule has 1 aliphatic rings. The molecule has 1 aliphatic heterocycles. The van der Waals surface area contributed by atoms with Gasteiger partial charge in [0, 0.05) is 13.1 Å². The number of rotatable bonds is 3. The third kappa shape index (κ3) is 3.38. The fraction of sp³-hybridized carbons (Fsp3) is 0.500. The summed E-state index contributed by atoms with van der Waals surface area (Å²) >= 11 is 0. The molecule has 116 valence electrons. The lowest BCUT2D eigenvalue weighted by Gasteiger charge is -2.22. The minimum absolute atomic E-state index is 0. The van der Waals surface area contributed by atoms with Crippen molar-refractivity contribution >= 4 is 22.4 Å². The highest BCUT2D eigenvalue weighted by Gasteiger charge is 2.39. The van der Waals surface area contributed by atoms with Crippen LogP contribution in [-0.2, 0) is 10.0 Å². The molecule has 1 atom stereocenters. The Balaban J connectivity index is 0.00000220. The third-order valence-corrected chi connectivity index (χ3v) is 5.81. The molecule has 2 rings (SSSR count). The van der Waals surface area contributed by atoms with E-state index in [0.29, 0.717) is 30.8 Å². The summed E-state index contributed by atoms with van der Waals surface area (Å²) in [5.74, 6) is 0. The van der Waals surface area contributed by atoms with Crippen molar-refractivity contribution in [2.45, 2.75) is 25.2 Å². The van der Waals surface area contributed by atoms with Crippen LogP contribution in [0.4, 0.5) is 0 Å². The number of nitriles is 1. The van der Waals surface area contributed by atoms with Crippen LogP contribution in [0.3, 0.4) is 0 Å². The van der Waals surface area contributed by atoms with Crippen LogP contribution in [0.2, 0.25) is 0 Å². The minimum atomic E-state index is -3.50. The SMILES string of the molecule is Cc1cc(S(=O)(=O)N2CCC(C)(CN)C2)ccc1C#N.Cl. The van der Waals surface area contributed by atoms with Gasteiger partial charge in [-0.05, 0) is 49.1 Å². The van der Waals surface area contributed by atoms with E-state index in [2.05, 4.69) is 0 Å². The van der Waals surface area contributed by atoms with Gasteiger partial charge in [-0.3, -0.25) is 0 Å². The summed E-state index contributed by atoms with van der Waals surface area (Å²) in [7, 11) is -3.50. The summed E-state index contributed by atoms with van der Waals surface area (Å²) in [6, 6.07) is 6.66. The zero-order valence-corrected chi connectivity index (χ0v) is 13.8. The maximum absolute atomic E-state index is 12.6. The Bertz CT molecular complexity index is 669. The van der Waals surface area contributed by atoms with E-state index in [1.165, 1.54) is 10.4 Å². The van der Waals surface area contributed by atoms with Crippen molar-refractivity contribution in [1.29, 1.82) is 5.26 Å². The fourth-order valence-corrected chi connectivity index (χ4v) is 4.10. The normalized spacial score (nSPS) is 22.6. The second kappa shape index (κ2) is 6.32. The van der Waals surface area contributed by atoms with Gasteiger partial charge in [-0.25, -0.2) is 8.42 Å². The van der Waals surface area contributed by atoms with Gasteiger partial charge in [0.25, 0.3) is 0 Å². The Hall–Kier alpha value is -1.13. The average molecular weight is 330 g/mol. The molecule has 0 bridgehead atoms. The molecule has 2 N–H and O–H groups in total. The van der Waals surface area contributed by atoms with E-state index < -0.39 is 10.0 Å². The zero-order chi connectivity index (χ0) is 15.0. The molecule has 1 aromatic carbocycles.